The van der Waals surface area contributed by atoms with E-state index in [0.717, 1.165) is 5.75 Å². The quantitative estimate of drug-likeness (QED) is 0.903. The summed E-state index contributed by atoms with van der Waals surface area (Å²) in [6.45, 7) is 0. The summed E-state index contributed by atoms with van der Waals surface area (Å²) < 4.78 is 28.4. The Morgan fingerprint density at radius 3 is 2.33 bits per heavy atom. The predicted molar refractivity (Wildman–Crippen MR) is 92.6 cm³/mol. The number of carbonyl (C=O) groups is 1. The highest BCUT2D eigenvalue weighted by molar-refractivity contribution is 7.94. The number of hydrogen-bond acceptors (Lipinski definition) is 4. The van der Waals surface area contributed by atoms with E-state index < -0.39 is 9.84 Å². The van der Waals surface area contributed by atoms with Crippen LogP contribution >= 0.6 is 0 Å². The molecule has 2 aromatic carbocycles. The molecule has 0 saturated heterocycles. The molecule has 1 aliphatic rings. The van der Waals surface area contributed by atoms with Crippen LogP contribution in [0.2, 0.25) is 0 Å². The van der Waals surface area contributed by atoms with Gasteiger partial charge in [0.2, 0.25) is 5.91 Å². The molecule has 1 unspecified atom stereocenters. The molecule has 0 spiro atoms. The number of allylic oxidation sites excluding steroid dienone is 1. The van der Waals surface area contributed by atoms with Crippen LogP contribution in [0.4, 0.5) is 5.69 Å². The first-order valence-corrected chi connectivity index (χ1v) is 9.25. The van der Waals surface area contributed by atoms with Crippen molar-refractivity contribution in [3.8, 4) is 11.5 Å². The predicted octanol–water partition coefficient (Wildman–Crippen LogP) is 3.37. The second-order valence-electron chi connectivity index (χ2n) is 5.61. The van der Waals surface area contributed by atoms with Gasteiger partial charge < -0.3 is 10.1 Å². The summed E-state index contributed by atoms with van der Waals surface area (Å²) in [5, 5.41) is 3.95. The lowest BCUT2D eigenvalue weighted by Crippen LogP contribution is -2.17. The van der Waals surface area contributed by atoms with Gasteiger partial charge in [-0.1, -0.05) is 24.3 Å². The van der Waals surface area contributed by atoms with Crippen molar-refractivity contribution in [2.75, 3.05) is 11.1 Å². The molecule has 124 valence electrons. The fraction of sp³-hybridized carbons (Fsp3) is 0.167. The van der Waals surface area contributed by atoms with E-state index in [9.17, 15) is 13.2 Å². The molecule has 0 aromatic heterocycles. The zero-order valence-electron chi connectivity index (χ0n) is 12.9. The number of anilines is 1. The highest BCUT2D eigenvalue weighted by Crippen LogP contribution is 2.23. The first kappa shape index (κ1) is 16.3. The molecule has 0 aliphatic carbocycles. The minimum atomic E-state index is -3.13. The van der Waals surface area contributed by atoms with Gasteiger partial charge in [-0.3, -0.25) is 4.79 Å². The molecule has 1 aliphatic heterocycles. The van der Waals surface area contributed by atoms with E-state index in [1.54, 1.807) is 30.3 Å². The van der Waals surface area contributed by atoms with Gasteiger partial charge in [-0.25, -0.2) is 8.42 Å². The summed E-state index contributed by atoms with van der Waals surface area (Å²) in [6, 6.07) is 16.4. The molecule has 1 atom stereocenters. The second kappa shape index (κ2) is 6.88. The number of sulfone groups is 1. The maximum atomic E-state index is 12.0. The fourth-order valence-electron chi connectivity index (χ4n) is 2.45. The fourth-order valence-corrected chi connectivity index (χ4v) is 3.85. The van der Waals surface area contributed by atoms with Gasteiger partial charge in [-0.2, -0.15) is 0 Å². The highest BCUT2D eigenvalue weighted by Gasteiger charge is 2.23. The van der Waals surface area contributed by atoms with Crippen LogP contribution in [0.15, 0.2) is 66.1 Å². The Kier molecular flexibility index (Phi) is 4.66. The highest BCUT2D eigenvalue weighted by atomic mass is 32.2. The first-order chi connectivity index (χ1) is 11.5. The van der Waals surface area contributed by atoms with Gasteiger partial charge >= 0.3 is 0 Å². The van der Waals surface area contributed by atoms with E-state index in [1.165, 1.54) is 5.41 Å². The van der Waals surface area contributed by atoms with Crippen molar-refractivity contribution in [3.63, 3.8) is 0 Å². The van der Waals surface area contributed by atoms with Crippen molar-refractivity contribution in [3.05, 3.63) is 66.1 Å². The maximum Gasteiger partial charge on any atom is 0.224 e. The van der Waals surface area contributed by atoms with Gasteiger partial charge in [0.1, 0.15) is 11.5 Å². The minimum Gasteiger partial charge on any atom is -0.457 e. The topological polar surface area (TPSA) is 72.5 Å². The standard InChI is InChI=1S/C18H17NO4S/c20-18(12-14-10-11-24(21,22)13-14)19-15-6-8-17(9-7-15)23-16-4-2-1-3-5-16/h1-11,14H,12-13H2,(H,19,20). The molecular weight excluding hydrogens is 326 g/mol. The average Bonchev–Trinajstić information content (AvgIpc) is 2.89. The molecule has 1 heterocycles. The average molecular weight is 343 g/mol. The maximum absolute atomic E-state index is 12.0. The van der Waals surface area contributed by atoms with Crippen LogP contribution in [-0.2, 0) is 14.6 Å². The Morgan fingerprint density at radius 2 is 1.71 bits per heavy atom. The summed E-state index contributed by atoms with van der Waals surface area (Å²) in [6.07, 6.45) is 1.73. The van der Waals surface area contributed by atoms with Crippen molar-refractivity contribution >= 4 is 21.4 Å². The van der Waals surface area contributed by atoms with Gasteiger partial charge in [-0.15, -0.1) is 0 Å². The van der Waals surface area contributed by atoms with Gasteiger partial charge in [0, 0.05) is 23.4 Å². The van der Waals surface area contributed by atoms with Crippen LogP contribution in [0.5, 0.6) is 11.5 Å². The number of nitrogens with one attached hydrogen (secondary N) is 1. The summed E-state index contributed by atoms with van der Waals surface area (Å²) >= 11 is 0. The molecule has 1 N–H and O–H groups in total. The van der Waals surface area contributed by atoms with Crippen LogP contribution < -0.4 is 10.1 Å². The molecular formula is C18H17NO4S. The molecule has 0 bridgehead atoms. The molecule has 5 nitrogen and oxygen atoms in total. The number of ether oxygens (including phenoxy) is 1. The zero-order chi connectivity index (χ0) is 17.0. The van der Waals surface area contributed by atoms with E-state index in [0.29, 0.717) is 11.4 Å². The SMILES string of the molecule is O=C(CC1C=CS(=O)(=O)C1)Nc1ccc(Oc2ccccc2)cc1. The lowest BCUT2D eigenvalue weighted by Gasteiger charge is -2.09. The summed E-state index contributed by atoms with van der Waals surface area (Å²) in [7, 11) is -3.13. The van der Waals surface area contributed by atoms with Gasteiger partial charge in [0.15, 0.2) is 9.84 Å². The molecule has 0 fully saturated rings. The Hall–Kier alpha value is -2.60. The molecule has 3 rings (SSSR count). The van der Waals surface area contributed by atoms with E-state index in [2.05, 4.69) is 5.32 Å². The third-order valence-electron chi connectivity index (χ3n) is 3.57. The van der Waals surface area contributed by atoms with Crippen LogP contribution in [0.3, 0.4) is 0 Å². The van der Waals surface area contributed by atoms with E-state index >= 15 is 0 Å². The lowest BCUT2D eigenvalue weighted by atomic mass is 10.1. The van der Waals surface area contributed by atoms with E-state index in [1.807, 2.05) is 30.3 Å². The van der Waals surface area contributed by atoms with Crippen LogP contribution in [0, 0.1) is 5.92 Å². The van der Waals surface area contributed by atoms with Crippen LogP contribution in [0.1, 0.15) is 6.42 Å². The van der Waals surface area contributed by atoms with E-state index in [4.69, 9.17) is 4.74 Å². The van der Waals surface area contributed by atoms with E-state index in [-0.39, 0.29) is 24.0 Å². The number of hydrogen-bond donors (Lipinski definition) is 1. The Labute approximate surface area is 140 Å². The molecule has 2 aromatic rings. The minimum absolute atomic E-state index is 0.00424. The van der Waals surface area contributed by atoms with Crippen molar-refractivity contribution in [1.29, 1.82) is 0 Å². The monoisotopic (exact) mass is 343 g/mol. The van der Waals surface area contributed by atoms with Crippen molar-refractivity contribution in [1.82, 2.24) is 0 Å². The summed E-state index contributed by atoms with van der Waals surface area (Å²) in [5.41, 5.74) is 0.644. The summed E-state index contributed by atoms with van der Waals surface area (Å²) in [5.74, 6) is 0.950. The molecule has 0 saturated carbocycles. The normalized spacial score (nSPS) is 18.2. The third-order valence-corrected chi connectivity index (χ3v) is 5.03. The molecule has 0 radical (unpaired) electrons. The van der Waals surface area contributed by atoms with Gasteiger partial charge in [-0.05, 0) is 36.4 Å². The second-order valence-corrected chi connectivity index (χ2v) is 7.54. The van der Waals surface area contributed by atoms with Crippen LogP contribution in [0.25, 0.3) is 0 Å². The van der Waals surface area contributed by atoms with Gasteiger partial charge in [0.05, 0.1) is 5.75 Å². The molecule has 1 amide bonds. The van der Waals surface area contributed by atoms with Crippen LogP contribution in [-0.4, -0.2) is 20.1 Å². The third kappa shape index (κ3) is 4.45. The zero-order valence-corrected chi connectivity index (χ0v) is 13.7. The molecule has 24 heavy (non-hydrogen) atoms. The Morgan fingerprint density at radius 1 is 1.04 bits per heavy atom. The van der Waals surface area contributed by atoms with Crippen molar-refractivity contribution < 1.29 is 17.9 Å². The molecule has 6 heteroatoms. The Bertz CT molecular complexity index is 842. The van der Waals surface area contributed by atoms with Gasteiger partial charge in [0.25, 0.3) is 0 Å². The Balaban J connectivity index is 1.54. The number of para-hydroxylation sites is 1. The first-order valence-electron chi connectivity index (χ1n) is 7.54. The van der Waals surface area contributed by atoms with Crippen molar-refractivity contribution in [2.24, 2.45) is 5.92 Å². The number of benzene rings is 2. The van der Waals surface area contributed by atoms with Crippen molar-refractivity contribution in [2.45, 2.75) is 6.42 Å². The smallest absolute Gasteiger partial charge is 0.224 e. The number of carbonyl (C=O) groups excluding carboxylic acids is 1. The number of amides is 1. The number of rotatable bonds is 5. The summed E-state index contributed by atoms with van der Waals surface area (Å²) in [4.78, 5) is 12.0. The largest absolute Gasteiger partial charge is 0.457 e. The lowest BCUT2D eigenvalue weighted by molar-refractivity contribution is -0.116.